The van der Waals surface area contributed by atoms with Crippen LogP contribution in [0.3, 0.4) is 0 Å². The van der Waals surface area contributed by atoms with Crippen molar-refractivity contribution >= 4 is 5.91 Å². The van der Waals surface area contributed by atoms with Crippen molar-refractivity contribution in [3.05, 3.63) is 59.9 Å². The summed E-state index contributed by atoms with van der Waals surface area (Å²) in [5.74, 6) is 0.833. The van der Waals surface area contributed by atoms with Crippen LogP contribution in [-0.2, 0) is 4.79 Å². The second-order valence-corrected chi connectivity index (χ2v) is 5.98. The Hall–Kier alpha value is -2.64. The minimum absolute atomic E-state index is 0.0739. The largest absolute Gasteiger partial charge is 0.497 e. The SMILES string of the molecule is COc1ccc(OCCNC(=O)C2CNNC2c2ccc(F)cc2)cc1. The minimum atomic E-state index is -0.295. The molecule has 0 radical (unpaired) electrons. The Morgan fingerprint density at radius 3 is 2.54 bits per heavy atom. The van der Waals surface area contributed by atoms with Gasteiger partial charge >= 0.3 is 0 Å². The Morgan fingerprint density at radius 2 is 1.85 bits per heavy atom. The number of hydrazine groups is 1. The molecule has 2 atom stereocenters. The third-order valence-corrected chi connectivity index (χ3v) is 4.28. The third-order valence-electron chi connectivity index (χ3n) is 4.28. The molecule has 0 spiro atoms. The predicted molar refractivity (Wildman–Crippen MR) is 95.3 cm³/mol. The fraction of sp³-hybridized carbons (Fsp3) is 0.316. The number of nitrogens with one attached hydrogen (secondary N) is 3. The predicted octanol–water partition coefficient (Wildman–Crippen LogP) is 1.79. The Morgan fingerprint density at radius 1 is 1.15 bits per heavy atom. The Balaban J connectivity index is 1.47. The summed E-state index contributed by atoms with van der Waals surface area (Å²) in [7, 11) is 1.61. The maximum absolute atomic E-state index is 13.1. The molecule has 0 aliphatic carbocycles. The molecular weight excluding hydrogens is 337 g/mol. The van der Waals surface area contributed by atoms with Crippen molar-refractivity contribution in [1.82, 2.24) is 16.2 Å². The van der Waals surface area contributed by atoms with Crippen molar-refractivity contribution in [2.24, 2.45) is 5.92 Å². The van der Waals surface area contributed by atoms with Gasteiger partial charge in [0.1, 0.15) is 23.9 Å². The highest BCUT2D eigenvalue weighted by atomic mass is 19.1. The van der Waals surface area contributed by atoms with Crippen LogP contribution in [0.4, 0.5) is 4.39 Å². The van der Waals surface area contributed by atoms with Crippen LogP contribution in [0.1, 0.15) is 11.6 Å². The van der Waals surface area contributed by atoms with Crippen molar-refractivity contribution in [2.75, 3.05) is 26.8 Å². The topological polar surface area (TPSA) is 71.6 Å². The summed E-state index contributed by atoms with van der Waals surface area (Å²) in [5.41, 5.74) is 6.94. The van der Waals surface area contributed by atoms with Gasteiger partial charge in [-0.05, 0) is 42.0 Å². The zero-order valence-electron chi connectivity index (χ0n) is 14.5. The first-order valence-electron chi connectivity index (χ1n) is 8.46. The Labute approximate surface area is 151 Å². The standard InChI is InChI=1S/C19H22FN3O3/c1-25-15-6-8-16(9-7-15)26-11-10-21-19(24)17-12-22-23-18(17)13-2-4-14(20)5-3-13/h2-9,17-18,22-23H,10-12H2,1H3,(H,21,24). The molecular formula is C19H22FN3O3. The number of carbonyl (C=O) groups is 1. The van der Waals surface area contributed by atoms with Gasteiger partial charge in [0, 0.05) is 6.54 Å². The van der Waals surface area contributed by atoms with E-state index in [0.29, 0.717) is 25.4 Å². The van der Waals surface area contributed by atoms with E-state index in [2.05, 4.69) is 16.2 Å². The summed E-state index contributed by atoms with van der Waals surface area (Å²) in [6.45, 7) is 1.28. The molecule has 1 heterocycles. The van der Waals surface area contributed by atoms with E-state index in [-0.39, 0.29) is 23.7 Å². The molecule has 1 amide bonds. The first kappa shape index (κ1) is 18.2. The van der Waals surface area contributed by atoms with Crippen LogP contribution >= 0.6 is 0 Å². The lowest BCUT2D eigenvalue weighted by Crippen LogP contribution is -2.37. The molecule has 6 nitrogen and oxygen atoms in total. The molecule has 1 saturated heterocycles. The van der Waals surface area contributed by atoms with Crippen molar-refractivity contribution in [3.8, 4) is 11.5 Å². The molecule has 26 heavy (non-hydrogen) atoms. The third kappa shape index (κ3) is 4.50. The highest BCUT2D eigenvalue weighted by Crippen LogP contribution is 2.25. The smallest absolute Gasteiger partial charge is 0.226 e. The number of carbonyl (C=O) groups excluding carboxylic acids is 1. The van der Waals surface area contributed by atoms with Crippen molar-refractivity contribution in [3.63, 3.8) is 0 Å². The lowest BCUT2D eigenvalue weighted by atomic mass is 9.94. The van der Waals surface area contributed by atoms with Gasteiger partial charge in [0.2, 0.25) is 5.91 Å². The maximum Gasteiger partial charge on any atom is 0.226 e. The summed E-state index contributed by atoms with van der Waals surface area (Å²) in [5, 5.41) is 2.89. The normalized spacial score (nSPS) is 19.2. The quantitative estimate of drug-likeness (QED) is 0.658. The van der Waals surface area contributed by atoms with E-state index >= 15 is 0 Å². The molecule has 1 aliphatic heterocycles. The second-order valence-electron chi connectivity index (χ2n) is 5.98. The van der Waals surface area contributed by atoms with E-state index in [1.807, 2.05) is 24.3 Å². The number of ether oxygens (including phenoxy) is 2. The lowest BCUT2D eigenvalue weighted by molar-refractivity contribution is -0.125. The Kier molecular flexibility index (Phi) is 6.04. The van der Waals surface area contributed by atoms with Gasteiger partial charge in [-0.2, -0.15) is 0 Å². The average molecular weight is 359 g/mol. The minimum Gasteiger partial charge on any atom is -0.497 e. The van der Waals surface area contributed by atoms with Crippen LogP contribution in [0.5, 0.6) is 11.5 Å². The fourth-order valence-corrected chi connectivity index (χ4v) is 2.87. The summed E-state index contributed by atoms with van der Waals surface area (Å²) in [6, 6.07) is 13.2. The van der Waals surface area contributed by atoms with Crippen LogP contribution in [0.15, 0.2) is 48.5 Å². The fourth-order valence-electron chi connectivity index (χ4n) is 2.87. The Bertz CT molecular complexity index is 722. The summed E-state index contributed by atoms with van der Waals surface area (Å²) in [4.78, 5) is 12.5. The summed E-state index contributed by atoms with van der Waals surface area (Å²) < 4.78 is 23.8. The van der Waals surface area contributed by atoms with Gasteiger partial charge < -0.3 is 14.8 Å². The van der Waals surface area contributed by atoms with Crippen molar-refractivity contribution < 1.29 is 18.7 Å². The summed E-state index contributed by atoms with van der Waals surface area (Å²) >= 11 is 0. The van der Waals surface area contributed by atoms with Crippen LogP contribution in [-0.4, -0.2) is 32.7 Å². The first-order valence-corrected chi connectivity index (χ1v) is 8.46. The molecule has 2 unspecified atom stereocenters. The number of hydrogen-bond donors (Lipinski definition) is 3. The van der Waals surface area contributed by atoms with E-state index in [1.54, 1.807) is 19.2 Å². The van der Waals surface area contributed by atoms with Crippen LogP contribution in [0, 0.1) is 11.7 Å². The number of hydrogen-bond acceptors (Lipinski definition) is 5. The van der Waals surface area contributed by atoms with Gasteiger partial charge in [0.15, 0.2) is 0 Å². The molecule has 7 heteroatoms. The van der Waals surface area contributed by atoms with Crippen LogP contribution in [0.2, 0.25) is 0 Å². The van der Waals surface area contributed by atoms with E-state index in [9.17, 15) is 9.18 Å². The number of halogens is 1. The van der Waals surface area contributed by atoms with E-state index in [0.717, 1.165) is 11.3 Å². The van der Waals surface area contributed by atoms with Crippen LogP contribution in [0.25, 0.3) is 0 Å². The lowest BCUT2D eigenvalue weighted by Gasteiger charge is -2.18. The second kappa shape index (κ2) is 8.64. The van der Waals surface area contributed by atoms with E-state index in [4.69, 9.17) is 9.47 Å². The number of benzene rings is 2. The van der Waals surface area contributed by atoms with Gasteiger partial charge in [-0.25, -0.2) is 9.82 Å². The average Bonchev–Trinajstić information content (AvgIpc) is 3.16. The van der Waals surface area contributed by atoms with E-state index in [1.165, 1.54) is 12.1 Å². The first-order chi connectivity index (χ1) is 12.7. The molecule has 2 aromatic carbocycles. The molecule has 1 fully saturated rings. The van der Waals surface area contributed by atoms with Crippen molar-refractivity contribution in [2.45, 2.75) is 6.04 Å². The summed E-state index contributed by atoms with van der Waals surface area (Å²) in [6.07, 6.45) is 0. The van der Waals surface area contributed by atoms with Crippen molar-refractivity contribution in [1.29, 1.82) is 0 Å². The molecule has 0 aromatic heterocycles. The van der Waals surface area contributed by atoms with Gasteiger partial charge in [0.25, 0.3) is 0 Å². The molecule has 2 aromatic rings. The zero-order valence-corrected chi connectivity index (χ0v) is 14.5. The number of methoxy groups -OCH3 is 1. The number of rotatable bonds is 7. The van der Waals surface area contributed by atoms with Gasteiger partial charge in [-0.3, -0.25) is 10.2 Å². The molecule has 1 aliphatic rings. The van der Waals surface area contributed by atoms with Gasteiger partial charge in [0.05, 0.1) is 25.6 Å². The monoisotopic (exact) mass is 359 g/mol. The molecule has 0 saturated carbocycles. The highest BCUT2D eigenvalue weighted by Gasteiger charge is 2.33. The van der Waals surface area contributed by atoms with Gasteiger partial charge in [-0.1, -0.05) is 12.1 Å². The molecule has 0 bridgehead atoms. The zero-order chi connectivity index (χ0) is 18.4. The van der Waals surface area contributed by atoms with Gasteiger partial charge in [-0.15, -0.1) is 0 Å². The van der Waals surface area contributed by atoms with Crippen LogP contribution < -0.4 is 25.6 Å². The highest BCUT2D eigenvalue weighted by molar-refractivity contribution is 5.80. The maximum atomic E-state index is 13.1. The molecule has 3 N–H and O–H groups in total. The molecule has 138 valence electrons. The molecule has 3 rings (SSSR count). The van der Waals surface area contributed by atoms with E-state index < -0.39 is 0 Å². The number of amides is 1.